The highest BCUT2D eigenvalue weighted by Gasteiger charge is 2.34. The monoisotopic (exact) mass is 207 g/mol. The SMILES string of the molecule is CP(C(C)(C)C)C1(C)C=CCC=C1.[B]. The Hall–Kier alpha value is -0.0251. The lowest BCUT2D eigenvalue weighted by atomic mass is 10.1. The van der Waals surface area contributed by atoms with Crippen molar-refractivity contribution in [2.75, 3.05) is 6.66 Å². The summed E-state index contributed by atoms with van der Waals surface area (Å²) < 4.78 is 0. The molecule has 0 saturated heterocycles. The van der Waals surface area contributed by atoms with E-state index in [2.05, 4.69) is 58.7 Å². The highest BCUT2D eigenvalue weighted by Crippen LogP contribution is 2.58. The van der Waals surface area contributed by atoms with Gasteiger partial charge in [0.15, 0.2) is 0 Å². The quantitative estimate of drug-likeness (QED) is 0.348. The van der Waals surface area contributed by atoms with Crippen molar-refractivity contribution in [3.05, 3.63) is 24.3 Å². The van der Waals surface area contributed by atoms with Crippen molar-refractivity contribution in [3.63, 3.8) is 0 Å². The molecular formula is C12H21BP. The van der Waals surface area contributed by atoms with Crippen LogP contribution in [0.3, 0.4) is 0 Å². The van der Waals surface area contributed by atoms with Crippen molar-refractivity contribution in [1.29, 1.82) is 0 Å². The zero-order valence-corrected chi connectivity index (χ0v) is 10.9. The molecule has 0 N–H and O–H groups in total. The Bertz CT molecular complexity index is 223. The second-order valence-corrected chi connectivity index (χ2v) is 8.42. The summed E-state index contributed by atoms with van der Waals surface area (Å²) >= 11 is 0. The summed E-state index contributed by atoms with van der Waals surface area (Å²) in [6, 6.07) is 0. The Morgan fingerprint density at radius 1 is 1.14 bits per heavy atom. The molecule has 1 unspecified atom stereocenters. The van der Waals surface area contributed by atoms with Crippen LogP contribution in [-0.2, 0) is 0 Å². The van der Waals surface area contributed by atoms with Crippen LogP contribution < -0.4 is 0 Å². The standard InChI is InChI=1S/C12H21P.B/c1-11(2,3)13(5)12(4)9-7-6-8-10-12;/h7-10H,6H2,1-5H3;. The first-order valence-electron chi connectivity index (χ1n) is 4.95. The maximum atomic E-state index is 2.41. The second kappa shape index (κ2) is 4.66. The molecule has 0 bridgehead atoms. The van der Waals surface area contributed by atoms with Gasteiger partial charge in [-0.05, 0) is 25.2 Å². The van der Waals surface area contributed by atoms with E-state index in [1.165, 1.54) is 0 Å². The van der Waals surface area contributed by atoms with Crippen LogP contribution in [-0.4, -0.2) is 25.4 Å². The van der Waals surface area contributed by atoms with E-state index in [4.69, 9.17) is 0 Å². The third-order valence-corrected chi connectivity index (χ3v) is 6.67. The molecule has 14 heavy (non-hydrogen) atoms. The largest absolute Gasteiger partial charge is 0.0903 e. The average molecular weight is 207 g/mol. The van der Waals surface area contributed by atoms with E-state index < -0.39 is 0 Å². The molecule has 0 fully saturated rings. The predicted molar refractivity (Wildman–Crippen MR) is 69.7 cm³/mol. The molecule has 0 aromatic heterocycles. The van der Waals surface area contributed by atoms with Gasteiger partial charge < -0.3 is 0 Å². The lowest BCUT2D eigenvalue weighted by Crippen LogP contribution is -2.27. The number of allylic oxidation sites excluding steroid dienone is 4. The fraction of sp³-hybridized carbons (Fsp3) is 0.667. The van der Waals surface area contributed by atoms with Crippen LogP contribution in [0.2, 0.25) is 0 Å². The molecule has 0 aliphatic heterocycles. The van der Waals surface area contributed by atoms with Crippen LogP contribution in [0.25, 0.3) is 0 Å². The molecule has 77 valence electrons. The van der Waals surface area contributed by atoms with E-state index in [1.54, 1.807) is 0 Å². The van der Waals surface area contributed by atoms with Crippen molar-refractivity contribution in [2.45, 2.75) is 44.4 Å². The van der Waals surface area contributed by atoms with Crippen molar-refractivity contribution in [3.8, 4) is 0 Å². The molecule has 0 nitrogen and oxygen atoms in total. The Morgan fingerprint density at radius 3 is 1.93 bits per heavy atom. The summed E-state index contributed by atoms with van der Waals surface area (Å²) in [5.41, 5.74) is 0. The van der Waals surface area contributed by atoms with Gasteiger partial charge in [0.2, 0.25) is 0 Å². The van der Waals surface area contributed by atoms with Crippen LogP contribution in [0, 0.1) is 0 Å². The first-order valence-corrected chi connectivity index (χ1v) is 6.74. The van der Waals surface area contributed by atoms with E-state index in [0.29, 0.717) is 10.3 Å². The molecule has 1 aliphatic rings. The van der Waals surface area contributed by atoms with Crippen LogP contribution in [0.15, 0.2) is 24.3 Å². The Labute approximate surface area is 92.2 Å². The third-order valence-electron chi connectivity index (χ3n) is 2.91. The van der Waals surface area contributed by atoms with Gasteiger partial charge in [-0.1, -0.05) is 53.0 Å². The average Bonchev–Trinajstić information content (AvgIpc) is 2.03. The molecule has 1 rings (SSSR count). The summed E-state index contributed by atoms with van der Waals surface area (Å²) in [4.78, 5) is 0. The third kappa shape index (κ3) is 2.99. The lowest BCUT2D eigenvalue weighted by Gasteiger charge is -2.41. The normalized spacial score (nSPS) is 21.5. The van der Waals surface area contributed by atoms with Crippen molar-refractivity contribution in [2.24, 2.45) is 0 Å². The highest BCUT2D eigenvalue weighted by molar-refractivity contribution is 7.60. The van der Waals surface area contributed by atoms with Gasteiger partial charge in [-0.15, -0.1) is 0 Å². The van der Waals surface area contributed by atoms with E-state index in [0.717, 1.165) is 6.42 Å². The first kappa shape index (κ1) is 14.0. The number of hydrogen-bond donors (Lipinski definition) is 0. The van der Waals surface area contributed by atoms with E-state index >= 15 is 0 Å². The van der Waals surface area contributed by atoms with Crippen LogP contribution in [0.5, 0.6) is 0 Å². The predicted octanol–water partition coefficient (Wildman–Crippen LogP) is 3.79. The molecule has 1 aliphatic carbocycles. The molecule has 2 heteroatoms. The van der Waals surface area contributed by atoms with Crippen LogP contribution >= 0.6 is 7.92 Å². The maximum Gasteiger partial charge on any atom is 0.0236 e. The molecule has 0 amide bonds. The molecule has 0 aromatic carbocycles. The van der Waals surface area contributed by atoms with Gasteiger partial charge in [0.25, 0.3) is 0 Å². The minimum atomic E-state index is 0. The molecule has 0 aromatic rings. The molecule has 1 atom stereocenters. The summed E-state index contributed by atoms with van der Waals surface area (Å²) in [6.07, 6.45) is 10.5. The lowest BCUT2D eigenvalue weighted by molar-refractivity contribution is 0.759. The van der Waals surface area contributed by atoms with Gasteiger partial charge in [0, 0.05) is 13.6 Å². The van der Waals surface area contributed by atoms with Gasteiger partial charge in [0.05, 0.1) is 0 Å². The molecule has 3 radical (unpaired) electrons. The van der Waals surface area contributed by atoms with Crippen LogP contribution in [0.1, 0.15) is 34.1 Å². The minimum Gasteiger partial charge on any atom is -0.0903 e. The molecule has 0 spiro atoms. The zero-order chi connectivity index (χ0) is 10.1. The zero-order valence-electron chi connectivity index (χ0n) is 10.0. The summed E-state index contributed by atoms with van der Waals surface area (Å²) in [7, 11) is 0.00457. The molecule has 0 heterocycles. The first-order chi connectivity index (χ1) is 5.86. The fourth-order valence-electron chi connectivity index (χ4n) is 1.69. The van der Waals surface area contributed by atoms with Crippen molar-refractivity contribution in [1.82, 2.24) is 0 Å². The maximum absolute atomic E-state index is 2.41. The van der Waals surface area contributed by atoms with Crippen molar-refractivity contribution >= 4 is 16.3 Å². The van der Waals surface area contributed by atoms with E-state index in [-0.39, 0.29) is 16.3 Å². The van der Waals surface area contributed by atoms with Gasteiger partial charge in [-0.2, -0.15) is 0 Å². The van der Waals surface area contributed by atoms with Gasteiger partial charge >= 0.3 is 0 Å². The molecule has 0 saturated carbocycles. The second-order valence-electron chi connectivity index (χ2n) is 5.00. The topological polar surface area (TPSA) is 0 Å². The van der Waals surface area contributed by atoms with Gasteiger partial charge in [0.1, 0.15) is 0 Å². The smallest absolute Gasteiger partial charge is 0.0236 e. The Balaban J connectivity index is 0.00000169. The summed E-state index contributed by atoms with van der Waals surface area (Å²) in [6.45, 7) is 11.8. The Kier molecular flexibility index (Phi) is 4.65. The minimum absolute atomic E-state index is 0. The van der Waals surface area contributed by atoms with Gasteiger partial charge in [-0.25, -0.2) is 0 Å². The van der Waals surface area contributed by atoms with E-state index in [9.17, 15) is 0 Å². The molecular weight excluding hydrogens is 186 g/mol. The summed E-state index contributed by atoms with van der Waals surface area (Å²) in [5, 5.41) is 0.766. The fourth-order valence-corrected chi connectivity index (χ4v) is 3.80. The highest BCUT2D eigenvalue weighted by atomic mass is 31.1. The number of rotatable bonds is 1. The van der Waals surface area contributed by atoms with Crippen LogP contribution in [0.4, 0.5) is 0 Å². The van der Waals surface area contributed by atoms with Crippen molar-refractivity contribution < 1.29 is 0 Å². The Morgan fingerprint density at radius 2 is 1.57 bits per heavy atom. The van der Waals surface area contributed by atoms with Gasteiger partial charge in [-0.3, -0.25) is 0 Å². The summed E-state index contributed by atoms with van der Waals surface area (Å²) in [5.74, 6) is 0. The number of hydrogen-bond acceptors (Lipinski definition) is 0. The van der Waals surface area contributed by atoms with E-state index in [1.807, 2.05) is 0 Å².